The Balaban J connectivity index is 1.59. The number of cyclic esters (lactones) is 1. The van der Waals surface area contributed by atoms with Crippen LogP contribution >= 0.6 is 0 Å². The van der Waals surface area contributed by atoms with E-state index in [1.54, 1.807) is 31.4 Å². The van der Waals surface area contributed by atoms with Crippen LogP contribution in [0.25, 0.3) is 0 Å². The van der Waals surface area contributed by atoms with Gasteiger partial charge in [-0.3, -0.25) is 4.90 Å². The van der Waals surface area contributed by atoms with Crippen molar-refractivity contribution in [2.45, 2.75) is 25.3 Å². The molecule has 3 aromatic carbocycles. The second kappa shape index (κ2) is 9.34. The van der Waals surface area contributed by atoms with E-state index in [1.165, 1.54) is 4.90 Å². The first kappa shape index (κ1) is 20.5. The Morgan fingerprint density at radius 3 is 2.13 bits per heavy atom. The fourth-order valence-electron chi connectivity index (χ4n) is 3.56. The first-order valence-electron chi connectivity index (χ1n) is 10.0. The van der Waals surface area contributed by atoms with Gasteiger partial charge in [0.2, 0.25) is 6.23 Å². The molecule has 1 aliphatic rings. The second-order valence-electron chi connectivity index (χ2n) is 7.22. The monoisotopic (exact) mass is 417 g/mol. The van der Waals surface area contributed by atoms with Gasteiger partial charge in [-0.1, -0.05) is 60.7 Å². The molecule has 31 heavy (non-hydrogen) atoms. The van der Waals surface area contributed by atoms with Gasteiger partial charge in [-0.15, -0.1) is 0 Å². The second-order valence-corrected chi connectivity index (χ2v) is 7.22. The van der Waals surface area contributed by atoms with E-state index in [2.05, 4.69) is 0 Å². The lowest BCUT2D eigenvalue weighted by atomic mass is 10.0. The minimum absolute atomic E-state index is 0.109. The molecule has 3 aromatic rings. The summed E-state index contributed by atoms with van der Waals surface area (Å²) in [5.74, 6) is 0.216. The van der Waals surface area contributed by atoms with Crippen molar-refractivity contribution >= 4 is 12.1 Å². The van der Waals surface area contributed by atoms with Gasteiger partial charge < -0.3 is 14.2 Å². The lowest BCUT2D eigenvalue weighted by Gasteiger charge is -2.26. The molecule has 1 heterocycles. The summed E-state index contributed by atoms with van der Waals surface area (Å²) in [4.78, 5) is 27.3. The van der Waals surface area contributed by atoms with Crippen molar-refractivity contribution in [2.75, 3.05) is 7.11 Å². The maximum atomic E-state index is 13.1. The maximum absolute atomic E-state index is 13.1. The number of ether oxygens (including phenoxy) is 3. The summed E-state index contributed by atoms with van der Waals surface area (Å²) in [7, 11) is 1.58. The van der Waals surface area contributed by atoms with Gasteiger partial charge in [0.25, 0.3) is 0 Å². The third kappa shape index (κ3) is 4.69. The Morgan fingerprint density at radius 1 is 0.903 bits per heavy atom. The zero-order valence-electron chi connectivity index (χ0n) is 17.1. The Kier molecular flexibility index (Phi) is 6.17. The molecular formula is C25H23NO5. The SMILES string of the molecule is COc1ccc(C2OC(=O)[C@H](Cc3ccccc3)N2C(=O)OCc2ccccc2)cc1. The zero-order valence-corrected chi connectivity index (χ0v) is 17.1. The molecule has 1 aliphatic heterocycles. The number of benzene rings is 3. The number of hydrogen-bond donors (Lipinski definition) is 0. The van der Waals surface area contributed by atoms with Crippen LogP contribution in [0.3, 0.4) is 0 Å². The number of nitrogens with zero attached hydrogens (tertiary/aromatic N) is 1. The van der Waals surface area contributed by atoms with Gasteiger partial charge in [0.15, 0.2) is 0 Å². The molecule has 1 fully saturated rings. The summed E-state index contributed by atoms with van der Waals surface area (Å²) in [5, 5.41) is 0. The van der Waals surface area contributed by atoms with Crippen molar-refractivity contribution in [3.63, 3.8) is 0 Å². The standard InChI is InChI=1S/C25H23NO5/c1-29-21-14-12-20(13-15-21)23-26(25(28)30-17-19-10-6-3-7-11-19)22(24(27)31-23)16-18-8-4-2-5-9-18/h2-15,22-23H,16-17H2,1H3/t22-,23?/m0/s1. The number of amides is 1. The van der Waals surface area contributed by atoms with E-state index >= 15 is 0 Å². The summed E-state index contributed by atoms with van der Waals surface area (Å²) in [5.41, 5.74) is 2.46. The van der Waals surface area contributed by atoms with Gasteiger partial charge in [-0.2, -0.15) is 0 Å². The summed E-state index contributed by atoms with van der Waals surface area (Å²) in [6.07, 6.45) is -1.13. The highest BCUT2D eigenvalue weighted by Gasteiger charge is 2.46. The number of methoxy groups -OCH3 is 1. The van der Waals surface area contributed by atoms with Crippen LogP contribution in [0, 0.1) is 0 Å². The molecule has 6 nitrogen and oxygen atoms in total. The average Bonchev–Trinajstić information content (AvgIpc) is 3.15. The normalized spacial score (nSPS) is 17.8. The van der Waals surface area contributed by atoms with Crippen molar-refractivity contribution in [2.24, 2.45) is 0 Å². The lowest BCUT2D eigenvalue weighted by molar-refractivity contribution is -0.142. The topological polar surface area (TPSA) is 65.1 Å². The van der Waals surface area contributed by atoms with Gasteiger partial charge in [-0.25, -0.2) is 9.59 Å². The molecule has 2 atom stereocenters. The van der Waals surface area contributed by atoms with Crippen molar-refractivity contribution < 1.29 is 23.8 Å². The highest BCUT2D eigenvalue weighted by molar-refractivity contribution is 5.85. The fraction of sp³-hybridized carbons (Fsp3) is 0.200. The zero-order chi connectivity index (χ0) is 21.6. The molecule has 0 radical (unpaired) electrons. The molecule has 0 bridgehead atoms. The van der Waals surface area contributed by atoms with E-state index in [9.17, 15) is 9.59 Å². The molecule has 4 rings (SSSR count). The Hall–Kier alpha value is -3.80. The van der Waals surface area contributed by atoms with Gasteiger partial charge >= 0.3 is 12.1 Å². The van der Waals surface area contributed by atoms with Crippen LogP contribution in [-0.4, -0.2) is 30.1 Å². The quantitative estimate of drug-likeness (QED) is 0.553. The molecule has 0 N–H and O–H groups in total. The largest absolute Gasteiger partial charge is 0.497 e. The molecule has 0 aliphatic carbocycles. The number of carbonyl (C=O) groups excluding carboxylic acids is 2. The molecular weight excluding hydrogens is 394 g/mol. The highest BCUT2D eigenvalue weighted by Crippen LogP contribution is 2.34. The maximum Gasteiger partial charge on any atom is 0.414 e. The summed E-state index contributed by atoms with van der Waals surface area (Å²) < 4.78 is 16.4. The fourth-order valence-corrected chi connectivity index (χ4v) is 3.56. The molecule has 0 spiro atoms. The van der Waals surface area contributed by atoms with Gasteiger partial charge in [0, 0.05) is 12.0 Å². The Bertz CT molecular complexity index is 1020. The molecule has 0 aromatic heterocycles. The van der Waals surface area contributed by atoms with Crippen LogP contribution in [0.15, 0.2) is 84.9 Å². The molecule has 1 unspecified atom stereocenters. The number of carbonyl (C=O) groups is 2. The summed E-state index contributed by atoms with van der Waals surface area (Å²) in [6, 6.07) is 25.2. The van der Waals surface area contributed by atoms with Crippen molar-refractivity contribution in [3.05, 3.63) is 102 Å². The van der Waals surface area contributed by atoms with E-state index < -0.39 is 24.3 Å². The van der Waals surface area contributed by atoms with Crippen LogP contribution in [0.1, 0.15) is 22.9 Å². The minimum atomic E-state index is -0.865. The van der Waals surface area contributed by atoms with Crippen LogP contribution in [0.5, 0.6) is 5.75 Å². The molecule has 1 saturated heterocycles. The molecule has 6 heteroatoms. The first-order chi connectivity index (χ1) is 15.2. The van der Waals surface area contributed by atoms with Crippen LogP contribution in [-0.2, 0) is 27.3 Å². The van der Waals surface area contributed by atoms with Gasteiger partial charge in [0.1, 0.15) is 18.4 Å². The van der Waals surface area contributed by atoms with E-state index in [-0.39, 0.29) is 6.61 Å². The predicted molar refractivity (Wildman–Crippen MR) is 114 cm³/mol. The van der Waals surface area contributed by atoms with E-state index in [0.717, 1.165) is 11.1 Å². The van der Waals surface area contributed by atoms with E-state index in [1.807, 2.05) is 60.7 Å². The van der Waals surface area contributed by atoms with Crippen molar-refractivity contribution in [1.82, 2.24) is 4.90 Å². The third-order valence-electron chi connectivity index (χ3n) is 5.18. The third-order valence-corrected chi connectivity index (χ3v) is 5.18. The smallest absolute Gasteiger partial charge is 0.414 e. The first-order valence-corrected chi connectivity index (χ1v) is 10.0. The summed E-state index contributed by atoms with van der Waals surface area (Å²) in [6.45, 7) is 0.109. The Labute approximate surface area is 181 Å². The van der Waals surface area contributed by atoms with E-state index in [4.69, 9.17) is 14.2 Å². The van der Waals surface area contributed by atoms with Gasteiger partial charge in [-0.05, 0) is 35.4 Å². The van der Waals surface area contributed by atoms with Crippen LogP contribution in [0.2, 0.25) is 0 Å². The van der Waals surface area contributed by atoms with Crippen LogP contribution < -0.4 is 4.74 Å². The molecule has 1 amide bonds. The summed E-state index contributed by atoms with van der Waals surface area (Å²) >= 11 is 0. The predicted octanol–water partition coefficient (Wildman–Crippen LogP) is 4.50. The van der Waals surface area contributed by atoms with Crippen LogP contribution in [0.4, 0.5) is 4.79 Å². The number of hydrogen-bond acceptors (Lipinski definition) is 5. The molecule has 0 saturated carbocycles. The average molecular weight is 417 g/mol. The van der Waals surface area contributed by atoms with Crippen molar-refractivity contribution in [1.29, 1.82) is 0 Å². The highest BCUT2D eigenvalue weighted by atomic mass is 16.6. The van der Waals surface area contributed by atoms with Gasteiger partial charge in [0.05, 0.1) is 7.11 Å². The Morgan fingerprint density at radius 2 is 1.52 bits per heavy atom. The van der Waals surface area contributed by atoms with Crippen molar-refractivity contribution in [3.8, 4) is 5.75 Å². The van der Waals surface area contributed by atoms with E-state index in [0.29, 0.717) is 17.7 Å². The number of rotatable bonds is 6. The number of esters is 1. The minimum Gasteiger partial charge on any atom is -0.497 e. The molecule has 158 valence electrons. The lowest BCUT2D eigenvalue weighted by Crippen LogP contribution is -2.41.